The molecule has 0 saturated carbocycles. The van der Waals surface area contributed by atoms with E-state index >= 15 is 0 Å². The lowest BCUT2D eigenvalue weighted by Gasteiger charge is -2.47. The van der Waals surface area contributed by atoms with Gasteiger partial charge in [-0.25, -0.2) is 0 Å². The number of amides is 2. The number of carbonyl (C=O) groups is 2. The van der Waals surface area contributed by atoms with Crippen molar-refractivity contribution in [3.8, 4) is 0 Å². The van der Waals surface area contributed by atoms with Gasteiger partial charge in [-0.3, -0.25) is 9.59 Å². The monoisotopic (exact) mass is 419 g/mol. The molecule has 0 bridgehead atoms. The zero-order valence-electron chi connectivity index (χ0n) is 17.8. The number of nitrogens with zero attached hydrogens (tertiary/aromatic N) is 2. The summed E-state index contributed by atoms with van der Waals surface area (Å²) in [5.41, 5.74) is 1.40. The van der Waals surface area contributed by atoms with Crippen LogP contribution in [0, 0.1) is 5.92 Å². The van der Waals surface area contributed by atoms with Gasteiger partial charge in [0.1, 0.15) is 6.04 Å². The standard InChI is InChI=1S/C22H33N3O3S/c1-4-18-11-19-20(29-18)5-10-28-22(19)6-8-24(9-7-22)12-17-13-25(14-17)21(27)15(2)23-16(3)26/h11,15,17H,4-10,12-14H2,1-3H3,(H,23,26). The van der Waals surface area contributed by atoms with Crippen LogP contribution >= 0.6 is 11.3 Å². The van der Waals surface area contributed by atoms with Gasteiger partial charge in [-0.05, 0) is 37.8 Å². The molecule has 1 spiro atoms. The average molecular weight is 420 g/mol. The molecule has 0 aromatic carbocycles. The van der Waals surface area contributed by atoms with E-state index in [0.29, 0.717) is 5.92 Å². The van der Waals surface area contributed by atoms with Crippen LogP contribution in [0.2, 0.25) is 0 Å². The van der Waals surface area contributed by atoms with Crippen LogP contribution in [0.5, 0.6) is 0 Å². The molecule has 4 rings (SSSR count). The summed E-state index contributed by atoms with van der Waals surface area (Å²) in [6, 6.07) is 1.97. The van der Waals surface area contributed by atoms with Crippen LogP contribution in [0.3, 0.4) is 0 Å². The largest absolute Gasteiger partial charge is 0.370 e. The van der Waals surface area contributed by atoms with Crippen molar-refractivity contribution in [3.63, 3.8) is 0 Å². The minimum absolute atomic E-state index is 0.0290. The fourth-order valence-corrected chi connectivity index (χ4v) is 6.21. The highest BCUT2D eigenvalue weighted by molar-refractivity contribution is 7.12. The number of nitrogens with one attached hydrogen (secondary N) is 1. The summed E-state index contributed by atoms with van der Waals surface area (Å²) in [7, 11) is 0. The number of hydrogen-bond donors (Lipinski definition) is 1. The van der Waals surface area contributed by atoms with E-state index in [1.807, 2.05) is 16.2 Å². The molecule has 29 heavy (non-hydrogen) atoms. The van der Waals surface area contributed by atoms with E-state index < -0.39 is 6.04 Å². The Morgan fingerprint density at radius 1 is 1.34 bits per heavy atom. The van der Waals surface area contributed by atoms with Crippen LogP contribution in [-0.4, -0.2) is 67.0 Å². The van der Waals surface area contributed by atoms with Crippen molar-refractivity contribution < 1.29 is 14.3 Å². The van der Waals surface area contributed by atoms with Crippen molar-refractivity contribution in [1.29, 1.82) is 0 Å². The van der Waals surface area contributed by atoms with E-state index in [0.717, 1.165) is 65.0 Å². The van der Waals surface area contributed by atoms with Gasteiger partial charge < -0.3 is 19.9 Å². The van der Waals surface area contributed by atoms with Crippen LogP contribution in [0.4, 0.5) is 0 Å². The Hall–Kier alpha value is -1.44. The second-order valence-corrected chi connectivity index (χ2v) is 10.0. The van der Waals surface area contributed by atoms with E-state index in [-0.39, 0.29) is 17.4 Å². The highest BCUT2D eigenvalue weighted by atomic mass is 32.1. The molecular formula is C22H33N3O3S. The van der Waals surface area contributed by atoms with Crippen molar-refractivity contribution in [2.75, 3.05) is 39.3 Å². The number of likely N-dealkylation sites (tertiary alicyclic amines) is 2. The maximum Gasteiger partial charge on any atom is 0.244 e. The third-order valence-electron chi connectivity index (χ3n) is 6.65. The SMILES string of the molecule is CCc1cc2c(s1)CCOC21CCN(CC2CN(C(=O)C(C)NC(C)=O)C2)CC1. The van der Waals surface area contributed by atoms with Crippen molar-refractivity contribution >= 4 is 23.2 Å². The Kier molecular flexibility index (Phi) is 6.00. The Bertz CT molecular complexity index is 763. The van der Waals surface area contributed by atoms with Gasteiger partial charge in [-0.15, -0.1) is 11.3 Å². The van der Waals surface area contributed by atoms with Gasteiger partial charge in [0.15, 0.2) is 0 Å². The number of piperidine rings is 1. The molecule has 1 N–H and O–H groups in total. The minimum atomic E-state index is -0.431. The summed E-state index contributed by atoms with van der Waals surface area (Å²) in [4.78, 5) is 30.9. The van der Waals surface area contributed by atoms with Crippen molar-refractivity contribution in [2.45, 2.75) is 58.1 Å². The molecule has 6 nitrogen and oxygen atoms in total. The van der Waals surface area contributed by atoms with Crippen LogP contribution in [0.25, 0.3) is 0 Å². The molecule has 1 atom stereocenters. The molecule has 160 valence electrons. The Morgan fingerprint density at radius 3 is 2.72 bits per heavy atom. The Balaban J connectivity index is 1.26. The lowest BCUT2D eigenvalue weighted by molar-refractivity contribution is -0.142. The number of hydrogen-bond acceptors (Lipinski definition) is 5. The van der Waals surface area contributed by atoms with Crippen LogP contribution < -0.4 is 5.32 Å². The van der Waals surface area contributed by atoms with Crippen LogP contribution in [0.1, 0.15) is 48.9 Å². The maximum absolute atomic E-state index is 12.3. The quantitative estimate of drug-likeness (QED) is 0.795. The van der Waals surface area contributed by atoms with E-state index in [2.05, 4.69) is 23.2 Å². The van der Waals surface area contributed by atoms with E-state index in [1.165, 1.54) is 17.4 Å². The number of rotatable bonds is 5. The van der Waals surface area contributed by atoms with Gasteiger partial charge in [-0.1, -0.05) is 6.92 Å². The first-order chi connectivity index (χ1) is 13.9. The van der Waals surface area contributed by atoms with Crippen molar-refractivity contribution in [3.05, 3.63) is 21.4 Å². The van der Waals surface area contributed by atoms with Crippen molar-refractivity contribution in [1.82, 2.24) is 15.1 Å². The number of carbonyl (C=O) groups excluding carboxylic acids is 2. The summed E-state index contributed by atoms with van der Waals surface area (Å²) in [5, 5.41) is 2.68. The molecule has 4 heterocycles. The topological polar surface area (TPSA) is 61.9 Å². The van der Waals surface area contributed by atoms with Gasteiger partial charge in [0.05, 0.1) is 12.2 Å². The Morgan fingerprint density at radius 2 is 2.07 bits per heavy atom. The third kappa shape index (κ3) is 4.23. The van der Waals surface area contributed by atoms with Gasteiger partial charge >= 0.3 is 0 Å². The lowest BCUT2D eigenvalue weighted by Crippen LogP contribution is -2.59. The van der Waals surface area contributed by atoms with Gasteiger partial charge in [0, 0.05) is 61.7 Å². The van der Waals surface area contributed by atoms with Gasteiger partial charge in [-0.2, -0.15) is 0 Å². The zero-order valence-corrected chi connectivity index (χ0v) is 18.6. The maximum atomic E-state index is 12.3. The molecule has 7 heteroatoms. The first-order valence-electron chi connectivity index (χ1n) is 10.9. The van der Waals surface area contributed by atoms with Gasteiger partial charge in [0.25, 0.3) is 0 Å². The summed E-state index contributed by atoms with van der Waals surface area (Å²) in [6.07, 6.45) is 4.30. The molecule has 1 unspecified atom stereocenters. The first kappa shape index (κ1) is 20.8. The second kappa shape index (κ2) is 8.36. The van der Waals surface area contributed by atoms with Crippen molar-refractivity contribution in [2.24, 2.45) is 5.92 Å². The minimum Gasteiger partial charge on any atom is -0.370 e. The predicted molar refractivity (Wildman–Crippen MR) is 114 cm³/mol. The molecule has 3 aliphatic heterocycles. The highest BCUT2D eigenvalue weighted by Crippen LogP contribution is 2.44. The normalized spacial score (nSPS) is 22.8. The van der Waals surface area contributed by atoms with E-state index in [4.69, 9.17) is 4.74 Å². The number of fused-ring (bicyclic) bond motifs is 2. The second-order valence-electron chi connectivity index (χ2n) is 8.83. The smallest absolute Gasteiger partial charge is 0.244 e. The van der Waals surface area contributed by atoms with Gasteiger partial charge in [0.2, 0.25) is 11.8 Å². The summed E-state index contributed by atoms with van der Waals surface area (Å²) in [5.74, 6) is 0.407. The average Bonchev–Trinajstić information content (AvgIpc) is 3.10. The summed E-state index contributed by atoms with van der Waals surface area (Å²) in [6.45, 7) is 11.1. The predicted octanol–water partition coefficient (Wildman–Crippen LogP) is 2.16. The molecule has 2 saturated heterocycles. The fraction of sp³-hybridized carbons (Fsp3) is 0.727. The summed E-state index contributed by atoms with van der Waals surface area (Å²) >= 11 is 1.98. The molecule has 1 aromatic heterocycles. The highest BCUT2D eigenvalue weighted by Gasteiger charge is 2.43. The zero-order chi connectivity index (χ0) is 20.6. The number of ether oxygens (including phenoxy) is 1. The fourth-order valence-electron chi connectivity index (χ4n) is 5.03. The molecule has 2 amide bonds. The molecule has 3 aliphatic rings. The van der Waals surface area contributed by atoms with Crippen LogP contribution in [0.15, 0.2) is 6.07 Å². The third-order valence-corrected chi connectivity index (χ3v) is 7.99. The van der Waals surface area contributed by atoms with E-state index in [1.54, 1.807) is 11.8 Å². The Labute approximate surface area is 177 Å². The summed E-state index contributed by atoms with van der Waals surface area (Å²) < 4.78 is 6.38. The molecule has 0 radical (unpaired) electrons. The number of thiophene rings is 1. The van der Waals surface area contributed by atoms with Crippen LogP contribution in [-0.2, 0) is 32.8 Å². The molecule has 1 aromatic rings. The molecule has 2 fully saturated rings. The van der Waals surface area contributed by atoms with E-state index in [9.17, 15) is 9.59 Å². The number of aryl methyl sites for hydroxylation is 1. The molecular weight excluding hydrogens is 386 g/mol. The molecule has 0 aliphatic carbocycles. The lowest BCUT2D eigenvalue weighted by atomic mass is 9.82. The first-order valence-corrected chi connectivity index (χ1v) is 11.8.